The van der Waals surface area contributed by atoms with E-state index in [1.165, 1.54) is 9.58 Å². The molecule has 1 saturated heterocycles. The van der Waals surface area contributed by atoms with Crippen molar-refractivity contribution in [1.82, 2.24) is 9.78 Å². The first kappa shape index (κ1) is 10.8. The highest BCUT2D eigenvalue weighted by molar-refractivity contribution is 6.20. The number of nitrogens with zero attached hydrogens (tertiary/aromatic N) is 3. The molecule has 0 radical (unpaired) electrons. The smallest absolute Gasteiger partial charge is 0.238 e. The summed E-state index contributed by atoms with van der Waals surface area (Å²) in [7, 11) is 1.69. The van der Waals surface area contributed by atoms with Gasteiger partial charge in [-0.1, -0.05) is 6.92 Å². The summed E-state index contributed by atoms with van der Waals surface area (Å²) in [6, 6.07) is 0. The van der Waals surface area contributed by atoms with Gasteiger partial charge in [0.2, 0.25) is 11.8 Å². The van der Waals surface area contributed by atoms with Crippen molar-refractivity contribution in [3.63, 3.8) is 0 Å². The third kappa shape index (κ3) is 1.42. The van der Waals surface area contributed by atoms with E-state index >= 15 is 0 Å². The van der Waals surface area contributed by atoms with Crippen LogP contribution in [0.15, 0.2) is 6.20 Å². The molecule has 2 amide bonds. The van der Waals surface area contributed by atoms with E-state index in [1.807, 2.05) is 0 Å². The highest BCUT2D eigenvalue weighted by Gasteiger charge is 2.39. The first-order valence-corrected chi connectivity index (χ1v) is 5.14. The lowest BCUT2D eigenvalue weighted by Crippen LogP contribution is -2.32. The number of nitrogens with two attached hydrogens (primary N) is 1. The monoisotopic (exact) mass is 222 g/mol. The van der Waals surface area contributed by atoms with Gasteiger partial charge in [0.15, 0.2) is 0 Å². The van der Waals surface area contributed by atoms with E-state index in [0.29, 0.717) is 11.4 Å². The molecular formula is C10H14N4O2. The molecule has 2 rings (SSSR count). The number of amides is 2. The fraction of sp³-hybridized carbons (Fsp3) is 0.500. The topological polar surface area (TPSA) is 81.2 Å². The van der Waals surface area contributed by atoms with Crippen molar-refractivity contribution in [3.8, 4) is 0 Å². The highest BCUT2D eigenvalue weighted by atomic mass is 16.2. The molecular weight excluding hydrogens is 208 g/mol. The lowest BCUT2D eigenvalue weighted by molar-refractivity contribution is -0.122. The molecule has 86 valence electrons. The number of anilines is 1. The molecule has 1 atom stereocenters. The van der Waals surface area contributed by atoms with Crippen LogP contribution in [0, 0.1) is 5.92 Å². The van der Waals surface area contributed by atoms with Crippen LogP contribution >= 0.6 is 0 Å². The van der Waals surface area contributed by atoms with Crippen molar-refractivity contribution < 1.29 is 9.59 Å². The highest BCUT2D eigenvalue weighted by Crippen LogP contribution is 2.28. The lowest BCUT2D eigenvalue weighted by atomic mass is 10.1. The molecule has 6 heteroatoms. The molecule has 0 spiro atoms. The van der Waals surface area contributed by atoms with Crippen molar-refractivity contribution in [2.24, 2.45) is 18.7 Å². The molecule has 0 saturated carbocycles. The van der Waals surface area contributed by atoms with Gasteiger partial charge in [0, 0.05) is 31.5 Å². The Labute approximate surface area is 93.0 Å². The maximum Gasteiger partial charge on any atom is 0.238 e. The summed E-state index contributed by atoms with van der Waals surface area (Å²) in [5.41, 5.74) is 6.26. The molecule has 0 aliphatic carbocycles. The second kappa shape index (κ2) is 3.71. The molecule has 0 bridgehead atoms. The minimum Gasteiger partial charge on any atom is -0.326 e. The van der Waals surface area contributed by atoms with Gasteiger partial charge in [-0.3, -0.25) is 14.3 Å². The van der Waals surface area contributed by atoms with Crippen molar-refractivity contribution in [2.75, 3.05) is 4.90 Å². The second-order valence-corrected chi connectivity index (χ2v) is 3.99. The maximum absolute atomic E-state index is 11.9. The average Bonchev–Trinajstić information content (AvgIpc) is 2.70. The van der Waals surface area contributed by atoms with Crippen molar-refractivity contribution in [3.05, 3.63) is 11.8 Å². The van der Waals surface area contributed by atoms with Gasteiger partial charge in [-0.2, -0.15) is 5.10 Å². The maximum atomic E-state index is 11.9. The predicted octanol–water partition coefficient (Wildman–Crippen LogP) is -0.222. The molecule has 1 fully saturated rings. The average molecular weight is 222 g/mol. The summed E-state index contributed by atoms with van der Waals surface area (Å²) < 4.78 is 1.51. The normalized spacial score (nSPS) is 20.9. The van der Waals surface area contributed by atoms with E-state index in [1.54, 1.807) is 20.2 Å². The zero-order chi connectivity index (χ0) is 11.9. The quantitative estimate of drug-likeness (QED) is 0.701. The molecule has 1 unspecified atom stereocenters. The number of carbonyl (C=O) groups excluding carboxylic acids is 2. The Hall–Kier alpha value is -1.69. The van der Waals surface area contributed by atoms with Gasteiger partial charge in [-0.25, -0.2) is 4.90 Å². The Morgan fingerprint density at radius 2 is 2.25 bits per heavy atom. The van der Waals surface area contributed by atoms with Crippen LogP contribution in [0.25, 0.3) is 0 Å². The van der Waals surface area contributed by atoms with Crippen LogP contribution in [0.1, 0.15) is 18.9 Å². The van der Waals surface area contributed by atoms with E-state index in [2.05, 4.69) is 5.10 Å². The van der Waals surface area contributed by atoms with Gasteiger partial charge in [-0.05, 0) is 0 Å². The van der Waals surface area contributed by atoms with Crippen molar-refractivity contribution >= 4 is 17.6 Å². The zero-order valence-corrected chi connectivity index (χ0v) is 9.30. The number of aromatic nitrogens is 2. The molecule has 16 heavy (non-hydrogen) atoms. The number of imide groups is 1. The molecule has 1 aliphatic heterocycles. The second-order valence-electron chi connectivity index (χ2n) is 3.99. The Morgan fingerprint density at radius 3 is 2.75 bits per heavy atom. The van der Waals surface area contributed by atoms with E-state index < -0.39 is 0 Å². The predicted molar refractivity (Wildman–Crippen MR) is 57.4 cm³/mol. The summed E-state index contributed by atoms with van der Waals surface area (Å²) in [5, 5.41) is 4.02. The largest absolute Gasteiger partial charge is 0.326 e. The van der Waals surface area contributed by atoms with Gasteiger partial charge < -0.3 is 5.73 Å². The van der Waals surface area contributed by atoms with E-state index in [4.69, 9.17) is 5.73 Å². The van der Waals surface area contributed by atoms with Gasteiger partial charge >= 0.3 is 0 Å². The number of aryl methyl sites for hydroxylation is 1. The number of rotatable bonds is 2. The van der Waals surface area contributed by atoms with Crippen LogP contribution in [0.3, 0.4) is 0 Å². The lowest BCUT2D eigenvalue weighted by Gasteiger charge is -2.16. The summed E-state index contributed by atoms with van der Waals surface area (Å²) in [5.74, 6) is -0.117. The third-order valence-electron chi connectivity index (χ3n) is 2.78. The molecule has 1 aromatic rings. The fourth-order valence-electron chi connectivity index (χ4n) is 1.92. The van der Waals surface area contributed by atoms with Crippen LogP contribution in [-0.2, 0) is 23.2 Å². The molecule has 2 heterocycles. The van der Waals surface area contributed by atoms with E-state index in [0.717, 1.165) is 0 Å². The van der Waals surface area contributed by atoms with E-state index in [9.17, 15) is 9.59 Å². The number of carbonyl (C=O) groups is 2. The van der Waals surface area contributed by atoms with E-state index in [-0.39, 0.29) is 30.7 Å². The Kier molecular flexibility index (Phi) is 2.51. The van der Waals surface area contributed by atoms with Crippen LogP contribution < -0.4 is 10.6 Å². The van der Waals surface area contributed by atoms with Crippen LogP contribution in [0.5, 0.6) is 0 Å². The molecule has 1 aliphatic rings. The Morgan fingerprint density at radius 1 is 1.56 bits per heavy atom. The summed E-state index contributed by atoms with van der Waals surface area (Å²) in [6.07, 6.45) is 1.84. The molecule has 0 aromatic carbocycles. The SMILES string of the molecule is CC1CC(=O)N(c2c(CN)cnn2C)C1=O. The van der Waals surface area contributed by atoms with Crippen molar-refractivity contribution in [2.45, 2.75) is 19.9 Å². The van der Waals surface area contributed by atoms with Crippen LogP contribution in [0.2, 0.25) is 0 Å². The molecule has 2 N–H and O–H groups in total. The first-order valence-electron chi connectivity index (χ1n) is 5.14. The third-order valence-corrected chi connectivity index (χ3v) is 2.78. The minimum absolute atomic E-state index is 0.177. The number of hydrogen-bond acceptors (Lipinski definition) is 4. The standard InChI is InChI=1S/C10H14N4O2/c1-6-3-8(15)14(10(6)16)9-7(4-11)5-12-13(9)2/h5-6H,3-4,11H2,1-2H3. The summed E-state index contributed by atoms with van der Waals surface area (Å²) in [6.45, 7) is 2.01. The van der Waals surface area contributed by atoms with Gasteiger partial charge in [0.05, 0.1) is 6.20 Å². The van der Waals surface area contributed by atoms with Gasteiger partial charge in [0.1, 0.15) is 5.82 Å². The summed E-state index contributed by atoms with van der Waals surface area (Å²) in [4.78, 5) is 24.8. The fourth-order valence-corrected chi connectivity index (χ4v) is 1.92. The van der Waals surface area contributed by atoms with Gasteiger partial charge in [0.25, 0.3) is 0 Å². The van der Waals surface area contributed by atoms with Crippen molar-refractivity contribution in [1.29, 1.82) is 0 Å². The van der Waals surface area contributed by atoms with Crippen LogP contribution in [0.4, 0.5) is 5.82 Å². The molecule has 1 aromatic heterocycles. The van der Waals surface area contributed by atoms with Gasteiger partial charge in [-0.15, -0.1) is 0 Å². The van der Waals surface area contributed by atoms with Crippen LogP contribution in [-0.4, -0.2) is 21.6 Å². The Balaban J connectivity index is 2.47. The Bertz CT molecular complexity index is 452. The number of hydrogen-bond donors (Lipinski definition) is 1. The first-order chi connectivity index (χ1) is 7.56. The minimum atomic E-state index is -0.256. The zero-order valence-electron chi connectivity index (χ0n) is 9.30. The summed E-state index contributed by atoms with van der Waals surface area (Å²) >= 11 is 0. The molecule has 6 nitrogen and oxygen atoms in total.